The largest absolute Gasteiger partial charge is 0.359 e. The minimum atomic E-state index is 0.288. The molecule has 10 heavy (non-hydrogen) atoms. The number of carbonyl (C=O) groups excluding carboxylic acids is 1. The minimum absolute atomic E-state index is 0.288. The summed E-state index contributed by atoms with van der Waals surface area (Å²) in [6.07, 6.45) is 3.89. The van der Waals surface area contributed by atoms with Crippen LogP contribution in [0, 0.1) is 0 Å². The zero-order valence-electron chi connectivity index (χ0n) is 6.47. The Morgan fingerprint density at radius 3 is 2.80 bits per heavy atom. The van der Waals surface area contributed by atoms with E-state index in [0.717, 1.165) is 32.2 Å². The lowest BCUT2D eigenvalue weighted by atomic mass is 10.1. The monoisotopic (exact) mass is 144 g/mol. The molecule has 0 aromatic carbocycles. The Morgan fingerprint density at radius 2 is 2.30 bits per heavy atom. The number of unbranched alkanes of at least 4 members (excludes halogenated alkanes) is 1. The highest BCUT2D eigenvalue weighted by Crippen LogP contribution is 1.95. The number of carbonyl (C=O) groups is 1. The van der Waals surface area contributed by atoms with Gasteiger partial charge in [0.1, 0.15) is 0 Å². The first kappa shape index (κ1) is 9.43. The van der Waals surface area contributed by atoms with Crippen LogP contribution in [0.3, 0.4) is 0 Å². The van der Waals surface area contributed by atoms with Gasteiger partial charge in [0, 0.05) is 12.6 Å². The fraction of sp³-hybridized carbons (Fsp3) is 0.857. The minimum Gasteiger partial charge on any atom is -0.359 e. The molecule has 0 rings (SSSR count). The molecule has 0 aromatic rings. The Hall–Kier alpha value is -0.570. The van der Waals surface area contributed by atoms with Crippen molar-refractivity contribution in [2.45, 2.75) is 32.2 Å². The molecule has 0 spiro atoms. The topological polar surface area (TPSA) is 55.1 Å². The molecule has 3 nitrogen and oxygen atoms in total. The van der Waals surface area contributed by atoms with Crippen molar-refractivity contribution in [3.05, 3.63) is 0 Å². The first-order valence-corrected chi connectivity index (χ1v) is 3.70. The number of hydrogen-bond acceptors (Lipinski definition) is 2. The van der Waals surface area contributed by atoms with Crippen molar-refractivity contribution in [1.82, 2.24) is 5.32 Å². The smallest absolute Gasteiger partial charge is 0.207 e. The highest BCUT2D eigenvalue weighted by atomic mass is 16.1. The van der Waals surface area contributed by atoms with E-state index in [0.29, 0.717) is 0 Å². The molecule has 1 atom stereocenters. The predicted molar refractivity (Wildman–Crippen MR) is 41.6 cm³/mol. The second-order valence-corrected chi connectivity index (χ2v) is 2.55. The van der Waals surface area contributed by atoms with Crippen LogP contribution in [0.1, 0.15) is 26.2 Å². The molecule has 0 saturated carbocycles. The maximum Gasteiger partial charge on any atom is 0.207 e. The zero-order valence-corrected chi connectivity index (χ0v) is 6.47. The van der Waals surface area contributed by atoms with E-state index in [4.69, 9.17) is 5.73 Å². The molecule has 0 bridgehead atoms. The van der Waals surface area contributed by atoms with E-state index in [9.17, 15) is 4.79 Å². The molecule has 0 fully saturated rings. The second kappa shape index (κ2) is 6.55. The Bertz CT molecular complexity index is 83.7. The van der Waals surface area contributed by atoms with Crippen molar-refractivity contribution in [3.63, 3.8) is 0 Å². The predicted octanol–water partition coefficient (Wildman–Crippen LogP) is 0.250. The van der Waals surface area contributed by atoms with Gasteiger partial charge in [0.2, 0.25) is 6.41 Å². The van der Waals surface area contributed by atoms with Crippen molar-refractivity contribution < 1.29 is 4.79 Å². The third-order valence-corrected chi connectivity index (χ3v) is 1.31. The van der Waals surface area contributed by atoms with E-state index in [-0.39, 0.29) is 6.04 Å². The van der Waals surface area contributed by atoms with Crippen LogP contribution in [-0.2, 0) is 4.79 Å². The summed E-state index contributed by atoms with van der Waals surface area (Å²) in [5.74, 6) is 0. The molecular formula is C7H16N2O. The molecule has 3 heteroatoms. The molecule has 0 aliphatic rings. The van der Waals surface area contributed by atoms with Crippen LogP contribution in [0.2, 0.25) is 0 Å². The summed E-state index contributed by atoms with van der Waals surface area (Å²) in [6.45, 7) is 2.77. The molecule has 0 aliphatic carbocycles. The number of nitrogens with two attached hydrogens (primary N) is 1. The van der Waals surface area contributed by atoms with Crippen LogP contribution in [0.5, 0.6) is 0 Å². The lowest BCUT2D eigenvalue weighted by Crippen LogP contribution is -2.16. The summed E-state index contributed by atoms with van der Waals surface area (Å²) in [7, 11) is 0. The van der Waals surface area contributed by atoms with E-state index < -0.39 is 0 Å². The molecular weight excluding hydrogens is 128 g/mol. The molecule has 3 N–H and O–H groups in total. The van der Waals surface area contributed by atoms with Gasteiger partial charge in [0.15, 0.2) is 0 Å². The maximum atomic E-state index is 9.77. The third-order valence-electron chi connectivity index (χ3n) is 1.31. The van der Waals surface area contributed by atoms with Crippen LogP contribution in [0.4, 0.5) is 0 Å². The number of nitrogens with one attached hydrogen (secondary N) is 1. The van der Waals surface area contributed by atoms with Crippen LogP contribution in [0.15, 0.2) is 0 Å². The van der Waals surface area contributed by atoms with E-state index >= 15 is 0 Å². The lowest BCUT2D eigenvalue weighted by molar-refractivity contribution is -0.109. The Kier molecular flexibility index (Phi) is 6.18. The molecule has 0 heterocycles. The molecule has 0 unspecified atom stereocenters. The van der Waals surface area contributed by atoms with E-state index in [1.54, 1.807) is 0 Å². The number of hydrogen-bond donors (Lipinski definition) is 2. The van der Waals surface area contributed by atoms with Crippen LogP contribution >= 0.6 is 0 Å². The average Bonchev–Trinajstić information content (AvgIpc) is 1.87. The molecule has 0 aliphatic heterocycles. The van der Waals surface area contributed by atoms with Gasteiger partial charge in [0.25, 0.3) is 0 Å². The van der Waals surface area contributed by atoms with Crippen LogP contribution in [-0.4, -0.2) is 19.0 Å². The normalized spacial score (nSPS) is 12.6. The standard InChI is InChI=1S/C7H16N2O/c1-7(8)4-2-3-5-9-6-10/h6-7H,2-5,8H2,1H3,(H,9,10)/t7-/m1/s1. The van der Waals surface area contributed by atoms with Gasteiger partial charge in [-0.2, -0.15) is 0 Å². The first-order valence-electron chi connectivity index (χ1n) is 3.70. The van der Waals surface area contributed by atoms with Crippen molar-refractivity contribution in [1.29, 1.82) is 0 Å². The third kappa shape index (κ3) is 7.43. The highest BCUT2D eigenvalue weighted by Gasteiger charge is 1.92. The molecule has 1 amide bonds. The molecule has 0 aromatic heterocycles. The van der Waals surface area contributed by atoms with E-state index in [2.05, 4.69) is 5.32 Å². The summed E-state index contributed by atoms with van der Waals surface area (Å²) in [4.78, 5) is 9.77. The van der Waals surface area contributed by atoms with E-state index in [1.165, 1.54) is 0 Å². The first-order chi connectivity index (χ1) is 4.77. The molecule has 0 radical (unpaired) electrons. The Morgan fingerprint density at radius 1 is 1.60 bits per heavy atom. The van der Waals surface area contributed by atoms with Gasteiger partial charge in [-0.3, -0.25) is 4.79 Å². The molecule has 60 valence electrons. The van der Waals surface area contributed by atoms with Gasteiger partial charge in [-0.1, -0.05) is 6.42 Å². The van der Waals surface area contributed by atoms with Gasteiger partial charge in [0.05, 0.1) is 0 Å². The number of amides is 1. The maximum absolute atomic E-state index is 9.77. The fourth-order valence-corrected chi connectivity index (χ4v) is 0.752. The van der Waals surface area contributed by atoms with E-state index in [1.807, 2.05) is 6.92 Å². The molecule has 0 saturated heterocycles. The summed E-state index contributed by atoms with van der Waals surface area (Å²) < 4.78 is 0. The van der Waals surface area contributed by atoms with Crippen LogP contribution in [0.25, 0.3) is 0 Å². The van der Waals surface area contributed by atoms with Crippen molar-refractivity contribution >= 4 is 6.41 Å². The quantitative estimate of drug-likeness (QED) is 0.415. The van der Waals surface area contributed by atoms with Gasteiger partial charge >= 0.3 is 0 Å². The summed E-state index contributed by atoms with van der Waals surface area (Å²) >= 11 is 0. The summed E-state index contributed by atoms with van der Waals surface area (Å²) in [5, 5.41) is 2.60. The Labute approximate surface area is 62.0 Å². The van der Waals surface area contributed by atoms with Gasteiger partial charge in [-0.15, -0.1) is 0 Å². The zero-order chi connectivity index (χ0) is 7.82. The lowest BCUT2D eigenvalue weighted by Gasteiger charge is -2.02. The fourth-order valence-electron chi connectivity index (χ4n) is 0.752. The summed E-state index contributed by atoms with van der Waals surface area (Å²) in [5.41, 5.74) is 5.52. The van der Waals surface area contributed by atoms with Crippen LogP contribution < -0.4 is 11.1 Å². The Balaban J connectivity index is 2.83. The van der Waals surface area contributed by atoms with Gasteiger partial charge in [-0.05, 0) is 19.8 Å². The van der Waals surface area contributed by atoms with Gasteiger partial charge < -0.3 is 11.1 Å². The summed E-state index contributed by atoms with van der Waals surface area (Å²) in [6, 6.07) is 0.288. The highest BCUT2D eigenvalue weighted by molar-refractivity contribution is 5.45. The average molecular weight is 144 g/mol. The van der Waals surface area contributed by atoms with Crippen molar-refractivity contribution in [2.75, 3.05) is 6.54 Å². The van der Waals surface area contributed by atoms with Crippen molar-refractivity contribution in [2.24, 2.45) is 5.73 Å². The SMILES string of the molecule is C[C@@H](N)CCCCNC=O. The van der Waals surface area contributed by atoms with Gasteiger partial charge in [-0.25, -0.2) is 0 Å². The van der Waals surface area contributed by atoms with Crippen molar-refractivity contribution in [3.8, 4) is 0 Å². The number of rotatable bonds is 6. The second-order valence-electron chi connectivity index (χ2n) is 2.55.